The van der Waals surface area contributed by atoms with Crippen molar-refractivity contribution >= 4 is 16.8 Å². The van der Waals surface area contributed by atoms with Crippen LogP contribution in [0, 0.1) is 17.7 Å². The van der Waals surface area contributed by atoms with Crippen LogP contribution in [0.25, 0.3) is 10.9 Å². The van der Waals surface area contributed by atoms with Crippen LogP contribution in [-0.2, 0) is 4.79 Å². The summed E-state index contributed by atoms with van der Waals surface area (Å²) in [6.45, 7) is 2.06. The number of hydrogen-bond donors (Lipinski definition) is 1. The summed E-state index contributed by atoms with van der Waals surface area (Å²) >= 11 is 0. The number of carbonyl (C=O) groups excluding carboxylic acids is 1. The molecule has 1 aromatic carbocycles. The van der Waals surface area contributed by atoms with E-state index in [-0.39, 0.29) is 23.7 Å². The molecule has 2 fully saturated rings. The van der Waals surface area contributed by atoms with E-state index in [0.29, 0.717) is 24.7 Å². The number of nitrogens with one attached hydrogen (secondary N) is 1. The zero-order valence-electron chi connectivity index (χ0n) is 15.6. The lowest BCUT2D eigenvalue weighted by molar-refractivity contribution is -0.130. The van der Waals surface area contributed by atoms with Gasteiger partial charge >= 0.3 is 0 Å². The van der Waals surface area contributed by atoms with Crippen LogP contribution in [0.2, 0.25) is 0 Å². The van der Waals surface area contributed by atoms with Gasteiger partial charge in [-0.2, -0.15) is 0 Å². The van der Waals surface area contributed by atoms with Crippen LogP contribution >= 0.6 is 0 Å². The number of alkyl halides is 1. The highest BCUT2D eigenvalue weighted by Gasteiger charge is 2.36. The second kappa shape index (κ2) is 7.53. The number of amides is 1. The molecule has 0 unspecified atom stereocenters. The minimum absolute atomic E-state index is 0.00845. The molecule has 4 rings (SSSR count). The molecule has 0 aliphatic heterocycles. The summed E-state index contributed by atoms with van der Waals surface area (Å²) in [5.41, 5.74) is 2.02. The van der Waals surface area contributed by atoms with Crippen molar-refractivity contribution in [1.29, 1.82) is 0 Å². The Balaban J connectivity index is 1.38. The number of fused-ring (bicyclic) bond motifs is 1. The van der Waals surface area contributed by atoms with Crippen LogP contribution in [0.4, 0.5) is 8.78 Å². The van der Waals surface area contributed by atoms with Crippen molar-refractivity contribution in [1.82, 2.24) is 10.3 Å². The van der Waals surface area contributed by atoms with Crippen molar-refractivity contribution in [2.75, 3.05) is 0 Å². The maximum absolute atomic E-state index is 13.7. The summed E-state index contributed by atoms with van der Waals surface area (Å²) in [6, 6.07) is 6.90. The molecule has 0 saturated heterocycles. The van der Waals surface area contributed by atoms with Crippen LogP contribution in [-0.4, -0.2) is 23.1 Å². The monoisotopic (exact) mass is 372 g/mol. The maximum Gasteiger partial charge on any atom is 0.223 e. The molecule has 1 aromatic heterocycles. The van der Waals surface area contributed by atoms with Gasteiger partial charge in [-0.3, -0.25) is 9.78 Å². The lowest BCUT2D eigenvalue weighted by Crippen LogP contribution is -2.46. The van der Waals surface area contributed by atoms with Crippen molar-refractivity contribution in [3.8, 4) is 0 Å². The number of rotatable bonds is 4. The average Bonchev–Trinajstić information content (AvgIpc) is 2.65. The normalized spacial score (nSPS) is 29.1. The van der Waals surface area contributed by atoms with Gasteiger partial charge in [-0.25, -0.2) is 8.78 Å². The number of benzene rings is 1. The van der Waals surface area contributed by atoms with E-state index in [0.717, 1.165) is 36.6 Å². The molecule has 2 aliphatic rings. The predicted molar refractivity (Wildman–Crippen MR) is 102 cm³/mol. The molecule has 27 heavy (non-hydrogen) atoms. The minimum atomic E-state index is -0.800. The Labute approximate surface area is 158 Å². The van der Waals surface area contributed by atoms with Crippen molar-refractivity contribution in [3.05, 3.63) is 41.8 Å². The summed E-state index contributed by atoms with van der Waals surface area (Å²) in [6.07, 6.45) is 5.86. The number of nitrogens with zero attached hydrogens (tertiary/aromatic N) is 1. The lowest BCUT2D eigenvalue weighted by Gasteiger charge is -2.35. The Kier molecular flexibility index (Phi) is 5.11. The largest absolute Gasteiger partial charge is 0.353 e. The van der Waals surface area contributed by atoms with E-state index in [1.54, 1.807) is 18.3 Å². The van der Waals surface area contributed by atoms with Gasteiger partial charge in [-0.15, -0.1) is 0 Å². The zero-order valence-corrected chi connectivity index (χ0v) is 15.6. The highest BCUT2D eigenvalue weighted by molar-refractivity contribution is 5.82. The molecule has 0 spiro atoms. The van der Waals surface area contributed by atoms with Gasteiger partial charge in [0.05, 0.1) is 5.52 Å². The molecule has 1 N–H and O–H groups in total. The number of aromatic nitrogens is 1. The third-order valence-electron chi connectivity index (χ3n) is 6.48. The Hall–Kier alpha value is -2.04. The van der Waals surface area contributed by atoms with Gasteiger partial charge in [0.25, 0.3) is 0 Å². The van der Waals surface area contributed by atoms with Crippen LogP contribution in [0.5, 0.6) is 0 Å². The Morgan fingerprint density at radius 2 is 1.93 bits per heavy atom. The average molecular weight is 372 g/mol. The van der Waals surface area contributed by atoms with E-state index in [9.17, 15) is 13.6 Å². The van der Waals surface area contributed by atoms with E-state index in [2.05, 4.69) is 17.2 Å². The highest BCUT2D eigenvalue weighted by atomic mass is 19.1. The van der Waals surface area contributed by atoms with Gasteiger partial charge in [0.2, 0.25) is 5.91 Å². The first-order valence-corrected chi connectivity index (χ1v) is 10.00. The van der Waals surface area contributed by atoms with Gasteiger partial charge in [0.15, 0.2) is 0 Å². The lowest BCUT2D eigenvalue weighted by atomic mass is 9.75. The molecule has 144 valence electrons. The molecule has 5 heteroatoms. The van der Waals surface area contributed by atoms with Crippen molar-refractivity contribution in [3.63, 3.8) is 0 Å². The quantitative estimate of drug-likeness (QED) is 0.829. The number of pyridine rings is 1. The van der Waals surface area contributed by atoms with Gasteiger partial charge < -0.3 is 5.32 Å². The first-order chi connectivity index (χ1) is 13.0. The van der Waals surface area contributed by atoms with Crippen molar-refractivity contribution in [2.45, 2.75) is 63.6 Å². The topological polar surface area (TPSA) is 42.0 Å². The molecule has 3 nitrogen and oxygen atoms in total. The fourth-order valence-electron chi connectivity index (χ4n) is 4.65. The van der Waals surface area contributed by atoms with E-state index in [1.165, 1.54) is 11.6 Å². The van der Waals surface area contributed by atoms with Gasteiger partial charge in [-0.1, -0.05) is 0 Å². The molecular formula is C22H26F2N2O. The van der Waals surface area contributed by atoms with Crippen LogP contribution in [0.15, 0.2) is 30.5 Å². The molecule has 2 saturated carbocycles. The first-order valence-electron chi connectivity index (χ1n) is 10.00. The predicted octanol–water partition coefficient (Wildman–Crippen LogP) is 4.90. The SMILES string of the molecule is C[C@@H](NC(=O)C1CC(F)C1)[C@H]1CC[C@@H](c2ccnc3ccc(F)cc32)CC1. The van der Waals surface area contributed by atoms with Crippen molar-refractivity contribution < 1.29 is 13.6 Å². The smallest absolute Gasteiger partial charge is 0.223 e. The summed E-state index contributed by atoms with van der Waals surface area (Å²) < 4.78 is 26.7. The van der Waals surface area contributed by atoms with Crippen LogP contribution in [0.3, 0.4) is 0 Å². The zero-order chi connectivity index (χ0) is 19.0. The molecule has 0 bridgehead atoms. The summed E-state index contributed by atoms with van der Waals surface area (Å²) in [5.74, 6) is 0.478. The maximum atomic E-state index is 13.7. The molecule has 1 atom stereocenters. The molecule has 2 aliphatic carbocycles. The first kappa shape index (κ1) is 18.3. The summed E-state index contributed by atoms with van der Waals surface area (Å²) in [4.78, 5) is 16.5. The number of hydrogen-bond acceptors (Lipinski definition) is 2. The second-order valence-corrected chi connectivity index (χ2v) is 8.24. The third kappa shape index (κ3) is 3.83. The van der Waals surface area contributed by atoms with E-state index >= 15 is 0 Å². The van der Waals surface area contributed by atoms with Gasteiger partial charge in [0, 0.05) is 23.5 Å². The van der Waals surface area contributed by atoms with Gasteiger partial charge in [-0.05, 0) is 87.1 Å². The molecule has 1 heterocycles. The standard InChI is InChI=1S/C22H26F2N2O/c1-13(26-22(27)16-10-18(24)11-16)14-2-4-15(5-3-14)19-8-9-25-21-7-6-17(23)12-20(19)21/h6-9,12-16,18H,2-5,10-11H2,1H3,(H,26,27)/t13-,14-,15+,16?,18?/m1/s1. The third-order valence-corrected chi connectivity index (χ3v) is 6.48. The number of carbonyl (C=O) groups is 1. The highest BCUT2D eigenvalue weighted by Crippen LogP contribution is 2.39. The molecule has 2 aromatic rings. The molecule has 0 radical (unpaired) electrons. The van der Waals surface area contributed by atoms with Gasteiger partial charge in [0.1, 0.15) is 12.0 Å². The molecular weight excluding hydrogens is 346 g/mol. The van der Waals surface area contributed by atoms with E-state index in [4.69, 9.17) is 0 Å². The summed E-state index contributed by atoms with van der Waals surface area (Å²) in [5, 5.41) is 4.01. The van der Waals surface area contributed by atoms with E-state index < -0.39 is 6.17 Å². The van der Waals surface area contributed by atoms with Crippen LogP contribution in [0.1, 0.15) is 56.9 Å². The summed E-state index contributed by atoms with van der Waals surface area (Å²) in [7, 11) is 0. The van der Waals surface area contributed by atoms with E-state index in [1.807, 2.05) is 6.07 Å². The molecule has 1 amide bonds. The Morgan fingerprint density at radius 3 is 2.63 bits per heavy atom. The van der Waals surface area contributed by atoms with Crippen molar-refractivity contribution in [2.24, 2.45) is 11.8 Å². The fourth-order valence-corrected chi connectivity index (χ4v) is 4.65. The number of halogens is 2. The van der Waals surface area contributed by atoms with Crippen LogP contribution < -0.4 is 5.32 Å². The minimum Gasteiger partial charge on any atom is -0.353 e. The fraction of sp³-hybridized carbons (Fsp3) is 0.545. The Morgan fingerprint density at radius 1 is 1.19 bits per heavy atom. The second-order valence-electron chi connectivity index (χ2n) is 8.24. The Bertz CT molecular complexity index is 826.